The van der Waals surface area contributed by atoms with Gasteiger partial charge in [0.25, 0.3) is 0 Å². The molecule has 0 radical (unpaired) electrons. The first kappa shape index (κ1) is 19.9. The topological polar surface area (TPSA) is 23.5 Å². The predicted molar refractivity (Wildman–Crippen MR) is 101 cm³/mol. The zero-order valence-corrected chi connectivity index (χ0v) is 15.3. The molecule has 0 aliphatic carbocycles. The molecule has 1 atom stereocenters. The highest BCUT2D eigenvalue weighted by Crippen LogP contribution is 2.34. The number of aliphatic hydroxyl groups is 1. The van der Waals surface area contributed by atoms with Gasteiger partial charge in [-0.3, -0.25) is 0 Å². The Bertz CT molecular complexity index is 709. The number of piperidine rings is 1. The van der Waals surface area contributed by atoms with Gasteiger partial charge < -0.3 is 10.0 Å². The Kier molecular flexibility index (Phi) is 6.55. The van der Waals surface area contributed by atoms with Crippen molar-refractivity contribution in [1.82, 2.24) is 4.90 Å². The van der Waals surface area contributed by atoms with Crippen molar-refractivity contribution in [3.05, 3.63) is 71.3 Å². The molecule has 146 valence electrons. The van der Waals surface area contributed by atoms with Crippen molar-refractivity contribution in [2.24, 2.45) is 0 Å². The molecule has 27 heavy (non-hydrogen) atoms. The van der Waals surface area contributed by atoms with Crippen LogP contribution in [0.25, 0.3) is 0 Å². The van der Waals surface area contributed by atoms with Crippen molar-refractivity contribution in [1.29, 1.82) is 0 Å². The van der Waals surface area contributed by atoms with Gasteiger partial charge in [-0.2, -0.15) is 13.2 Å². The van der Waals surface area contributed by atoms with Crippen molar-refractivity contribution in [2.75, 3.05) is 19.6 Å². The summed E-state index contributed by atoms with van der Waals surface area (Å²) in [5, 5.41) is 10.2. The van der Waals surface area contributed by atoms with Gasteiger partial charge in [0.05, 0.1) is 11.7 Å². The third-order valence-electron chi connectivity index (χ3n) is 5.37. The van der Waals surface area contributed by atoms with E-state index < -0.39 is 11.7 Å². The van der Waals surface area contributed by atoms with Crippen LogP contribution in [0.2, 0.25) is 0 Å². The van der Waals surface area contributed by atoms with Crippen molar-refractivity contribution in [3.8, 4) is 0 Å². The minimum absolute atomic E-state index is 0.179. The molecular weight excluding hydrogens is 351 g/mol. The van der Waals surface area contributed by atoms with Gasteiger partial charge in [-0.15, -0.1) is 0 Å². The Balaban J connectivity index is 1.45. The van der Waals surface area contributed by atoms with E-state index in [1.54, 1.807) is 6.07 Å². The van der Waals surface area contributed by atoms with E-state index in [0.717, 1.165) is 49.7 Å². The molecule has 1 fully saturated rings. The zero-order valence-electron chi connectivity index (χ0n) is 15.3. The number of hydrogen-bond donors (Lipinski definition) is 1. The second kappa shape index (κ2) is 8.89. The molecule has 0 amide bonds. The largest absolute Gasteiger partial charge is 0.416 e. The van der Waals surface area contributed by atoms with Gasteiger partial charge in [-0.25, -0.2) is 0 Å². The van der Waals surface area contributed by atoms with Crippen LogP contribution in [0, 0.1) is 0 Å². The number of rotatable bonds is 6. The summed E-state index contributed by atoms with van der Waals surface area (Å²) in [6.07, 6.45) is -1.57. The Labute approximate surface area is 158 Å². The molecule has 0 aromatic heterocycles. The smallest absolute Gasteiger partial charge is 0.393 e. The molecule has 2 aromatic carbocycles. The molecule has 1 heterocycles. The first-order valence-corrected chi connectivity index (χ1v) is 9.53. The van der Waals surface area contributed by atoms with Crippen LogP contribution in [0.1, 0.15) is 41.9 Å². The number of benzene rings is 2. The molecule has 1 aliphatic rings. The van der Waals surface area contributed by atoms with Crippen LogP contribution in [0.3, 0.4) is 0 Å². The lowest BCUT2D eigenvalue weighted by molar-refractivity contribution is -0.137. The summed E-state index contributed by atoms with van der Waals surface area (Å²) in [5.41, 5.74) is 1.35. The molecule has 1 unspecified atom stereocenters. The summed E-state index contributed by atoms with van der Waals surface area (Å²) in [4.78, 5) is 2.30. The minimum Gasteiger partial charge on any atom is -0.393 e. The number of likely N-dealkylation sites (tertiary alicyclic amines) is 1. The van der Waals surface area contributed by atoms with Crippen molar-refractivity contribution >= 4 is 0 Å². The Morgan fingerprint density at radius 2 is 1.70 bits per heavy atom. The van der Waals surface area contributed by atoms with Gasteiger partial charge in [-0.05, 0) is 61.9 Å². The monoisotopic (exact) mass is 377 g/mol. The van der Waals surface area contributed by atoms with Crippen LogP contribution in [0.15, 0.2) is 54.6 Å². The fourth-order valence-electron chi connectivity index (χ4n) is 3.78. The molecule has 0 spiro atoms. The van der Waals surface area contributed by atoms with Gasteiger partial charge in [0.2, 0.25) is 0 Å². The molecule has 2 nitrogen and oxygen atoms in total. The van der Waals surface area contributed by atoms with Crippen LogP contribution in [-0.4, -0.2) is 35.7 Å². The number of nitrogens with zero attached hydrogens (tertiary/aromatic N) is 1. The predicted octanol–water partition coefficient (Wildman–Crippen LogP) is 4.88. The van der Waals surface area contributed by atoms with Crippen LogP contribution in [0.5, 0.6) is 0 Å². The average molecular weight is 377 g/mol. The summed E-state index contributed by atoms with van der Waals surface area (Å²) in [6.45, 7) is 2.54. The van der Waals surface area contributed by atoms with Gasteiger partial charge in [-0.1, -0.05) is 48.5 Å². The Morgan fingerprint density at radius 3 is 2.37 bits per heavy atom. The van der Waals surface area contributed by atoms with Gasteiger partial charge in [0.1, 0.15) is 0 Å². The molecule has 3 rings (SSSR count). The molecule has 5 heteroatoms. The second-order valence-corrected chi connectivity index (χ2v) is 7.37. The molecule has 2 aromatic rings. The minimum atomic E-state index is -4.29. The van der Waals surface area contributed by atoms with Crippen molar-refractivity contribution in [2.45, 2.75) is 43.9 Å². The Morgan fingerprint density at radius 1 is 1.00 bits per heavy atom. The zero-order chi connectivity index (χ0) is 19.3. The fourth-order valence-corrected chi connectivity index (χ4v) is 3.78. The van der Waals surface area contributed by atoms with Crippen molar-refractivity contribution < 1.29 is 18.3 Å². The van der Waals surface area contributed by atoms with Crippen LogP contribution in [0.4, 0.5) is 13.2 Å². The lowest BCUT2D eigenvalue weighted by Gasteiger charge is -2.32. The fraction of sp³-hybridized carbons (Fsp3) is 0.455. The quantitative estimate of drug-likeness (QED) is 0.776. The molecule has 0 saturated carbocycles. The number of halogens is 3. The number of alkyl halides is 3. The summed E-state index contributed by atoms with van der Waals surface area (Å²) >= 11 is 0. The molecule has 1 saturated heterocycles. The number of aliphatic hydroxyl groups excluding tert-OH is 1. The lowest BCUT2D eigenvalue weighted by Crippen LogP contribution is -2.35. The maximum atomic E-state index is 12.9. The molecule has 1 N–H and O–H groups in total. The second-order valence-electron chi connectivity index (χ2n) is 7.37. The molecule has 0 bridgehead atoms. The highest BCUT2D eigenvalue weighted by atomic mass is 19.4. The summed E-state index contributed by atoms with van der Waals surface area (Å²) in [5.74, 6) is 0.179. The maximum absolute atomic E-state index is 12.9. The standard InChI is InChI=1S/C22H26F3NO/c23-22(24,25)20-8-4-7-19(16-20)18-9-12-26(13-10-18)14-11-21(27)15-17-5-2-1-3-6-17/h1-8,16,18,21,27H,9-15H2. The summed E-state index contributed by atoms with van der Waals surface area (Å²) in [6, 6.07) is 15.7. The van der Waals surface area contributed by atoms with Gasteiger partial charge in [0, 0.05) is 6.54 Å². The first-order valence-electron chi connectivity index (χ1n) is 9.53. The maximum Gasteiger partial charge on any atom is 0.416 e. The highest BCUT2D eigenvalue weighted by Gasteiger charge is 2.31. The van der Waals surface area contributed by atoms with Crippen LogP contribution in [-0.2, 0) is 12.6 Å². The summed E-state index contributed by atoms with van der Waals surface area (Å²) < 4.78 is 38.7. The van der Waals surface area contributed by atoms with E-state index in [-0.39, 0.29) is 12.0 Å². The van der Waals surface area contributed by atoms with E-state index in [2.05, 4.69) is 4.90 Å². The van der Waals surface area contributed by atoms with Crippen molar-refractivity contribution in [3.63, 3.8) is 0 Å². The van der Waals surface area contributed by atoms with Gasteiger partial charge >= 0.3 is 6.18 Å². The van der Waals surface area contributed by atoms with E-state index in [4.69, 9.17) is 0 Å². The van der Waals surface area contributed by atoms with Crippen LogP contribution < -0.4 is 0 Å². The van der Waals surface area contributed by atoms with E-state index in [1.165, 1.54) is 12.1 Å². The normalized spacial score (nSPS) is 17.8. The third-order valence-corrected chi connectivity index (χ3v) is 5.37. The van der Waals surface area contributed by atoms with E-state index in [0.29, 0.717) is 12.8 Å². The SMILES string of the molecule is OC(CCN1CCC(c2cccc(C(F)(F)F)c2)CC1)Cc1ccccc1. The van der Waals surface area contributed by atoms with Gasteiger partial charge in [0.15, 0.2) is 0 Å². The third kappa shape index (κ3) is 5.81. The van der Waals surface area contributed by atoms with Crippen LogP contribution >= 0.6 is 0 Å². The number of hydrogen-bond acceptors (Lipinski definition) is 2. The van der Waals surface area contributed by atoms with E-state index in [9.17, 15) is 18.3 Å². The Hall–Kier alpha value is -1.85. The molecular formula is C22H26F3NO. The molecule has 1 aliphatic heterocycles. The average Bonchev–Trinajstić information content (AvgIpc) is 2.67. The first-order chi connectivity index (χ1) is 12.9. The summed E-state index contributed by atoms with van der Waals surface area (Å²) in [7, 11) is 0. The lowest BCUT2D eigenvalue weighted by atomic mass is 9.88. The van der Waals surface area contributed by atoms with E-state index >= 15 is 0 Å². The van der Waals surface area contributed by atoms with E-state index in [1.807, 2.05) is 30.3 Å². The highest BCUT2D eigenvalue weighted by molar-refractivity contribution is 5.28.